The van der Waals surface area contributed by atoms with Gasteiger partial charge in [-0.3, -0.25) is 0 Å². The molecule has 1 rings (SSSR count). The lowest BCUT2D eigenvalue weighted by atomic mass is 10.1. The van der Waals surface area contributed by atoms with E-state index in [1.807, 2.05) is 6.08 Å². The molecule has 1 aliphatic rings. The van der Waals surface area contributed by atoms with Gasteiger partial charge in [0.25, 0.3) is 0 Å². The summed E-state index contributed by atoms with van der Waals surface area (Å²) in [7, 11) is 0. The molecule has 0 unspecified atom stereocenters. The van der Waals surface area contributed by atoms with Gasteiger partial charge < -0.3 is 5.32 Å². The van der Waals surface area contributed by atoms with E-state index >= 15 is 0 Å². The van der Waals surface area contributed by atoms with Crippen LogP contribution >= 0.6 is 0 Å². The second kappa shape index (κ2) is 2.72. The SMILES string of the molecule is C=CC1=C(C)CCCN1. The summed E-state index contributed by atoms with van der Waals surface area (Å²) in [6, 6.07) is 0. The summed E-state index contributed by atoms with van der Waals surface area (Å²) in [5.74, 6) is 0. The Morgan fingerprint density at radius 1 is 1.67 bits per heavy atom. The normalized spacial score (nSPS) is 19.2. The largest absolute Gasteiger partial charge is 0.385 e. The highest BCUT2D eigenvalue weighted by atomic mass is 14.9. The molecular formula is C8H13N. The van der Waals surface area contributed by atoms with Crippen molar-refractivity contribution in [3.63, 3.8) is 0 Å². The minimum atomic E-state index is 1.11. The van der Waals surface area contributed by atoms with Crippen molar-refractivity contribution in [1.29, 1.82) is 0 Å². The van der Waals surface area contributed by atoms with Crippen LogP contribution in [0, 0.1) is 0 Å². The molecule has 0 bridgehead atoms. The third-order valence-electron chi connectivity index (χ3n) is 1.71. The van der Waals surface area contributed by atoms with Crippen molar-refractivity contribution in [1.82, 2.24) is 5.32 Å². The lowest BCUT2D eigenvalue weighted by molar-refractivity contribution is 0.675. The van der Waals surface area contributed by atoms with Gasteiger partial charge in [0.15, 0.2) is 0 Å². The van der Waals surface area contributed by atoms with Crippen LogP contribution in [0.15, 0.2) is 23.9 Å². The number of rotatable bonds is 1. The van der Waals surface area contributed by atoms with Crippen LogP contribution in [0.25, 0.3) is 0 Å². The lowest BCUT2D eigenvalue weighted by Crippen LogP contribution is -2.19. The Balaban J connectivity index is 2.70. The van der Waals surface area contributed by atoms with Crippen molar-refractivity contribution in [3.8, 4) is 0 Å². The van der Waals surface area contributed by atoms with E-state index in [0.717, 1.165) is 6.54 Å². The fourth-order valence-corrected chi connectivity index (χ4v) is 1.11. The van der Waals surface area contributed by atoms with Crippen LogP contribution in [0.2, 0.25) is 0 Å². The molecule has 0 radical (unpaired) electrons. The van der Waals surface area contributed by atoms with Crippen molar-refractivity contribution in [3.05, 3.63) is 23.9 Å². The highest BCUT2D eigenvalue weighted by Gasteiger charge is 2.03. The molecule has 1 heterocycles. The molecule has 0 saturated heterocycles. The first kappa shape index (κ1) is 6.40. The molecule has 0 saturated carbocycles. The van der Waals surface area contributed by atoms with Crippen molar-refractivity contribution in [2.24, 2.45) is 0 Å². The predicted molar refractivity (Wildman–Crippen MR) is 40.1 cm³/mol. The lowest BCUT2D eigenvalue weighted by Gasteiger charge is -2.16. The molecule has 0 aromatic rings. The minimum absolute atomic E-state index is 1.11. The smallest absolute Gasteiger partial charge is 0.0323 e. The summed E-state index contributed by atoms with van der Waals surface area (Å²) in [4.78, 5) is 0. The highest BCUT2D eigenvalue weighted by molar-refractivity contribution is 5.22. The molecule has 1 heteroatoms. The number of hydrogen-bond acceptors (Lipinski definition) is 1. The zero-order valence-electron chi connectivity index (χ0n) is 5.91. The van der Waals surface area contributed by atoms with Crippen LogP contribution in [0.4, 0.5) is 0 Å². The summed E-state index contributed by atoms with van der Waals surface area (Å²) in [6.07, 6.45) is 4.39. The van der Waals surface area contributed by atoms with Crippen LogP contribution < -0.4 is 5.32 Å². The van der Waals surface area contributed by atoms with Gasteiger partial charge in [-0.2, -0.15) is 0 Å². The van der Waals surface area contributed by atoms with Gasteiger partial charge >= 0.3 is 0 Å². The van der Waals surface area contributed by atoms with Crippen molar-refractivity contribution >= 4 is 0 Å². The molecule has 50 valence electrons. The second-order valence-corrected chi connectivity index (χ2v) is 2.43. The van der Waals surface area contributed by atoms with Gasteiger partial charge in [-0.15, -0.1) is 0 Å². The van der Waals surface area contributed by atoms with Crippen molar-refractivity contribution in [2.75, 3.05) is 6.54 Å². The molecular weight excluding hydrogens is 110 g/mol. The summed E-state index contributed by atoms with van der Waals surface area (Å²) >= 11 is 0. The Morgan fingerprint density at radius 3 is 2.89 bits per heavy atom. The van der Waals surface area contributed by atoms with Crippen LogP contribution in [-0.2, 0) is 0 Å². The Labute approximate surface area is 56.5 Å². The molecule has 0 atom stereocenters. The van der Waals surface area contributed by atoms with Gasteiger partial charge in [-0.05, 0) is 25.8 Å². The second-order valence-electron chi connectivity index (χ2n) is 2.43. The van der Waals surface area contributed by atoms with Crippen molar-refractivity contribution < 1.29 is 0 Å². The monoisotopic (exact) mass is 123 g/mol. The molecule has 0 fully saturated rings. The third-order valence-corrected chi connectivity index (χ3v) is 1.71. The van der Waals surface area contributed by atoms with E-state index in [1.54, 1.807) is 0 Å². The van der Waals surface area contributed by atoms with E-state index in [-0.39, 0.29) is 0 Å². The van der Waals surface area contributed by atoms with Crippen LogP contribution in [-0.4, -0.2) is 6.54 Å². The van der Waals surface area contributed by atoms with Gasteiger partial charge in [-0.1, -0.05) is 12.2 Å². The van der Waals surface area contributed by atoms with Crippen LogP contribution in [0.3, 0.4) is 0 Å². The molecule has 1 N–H and O–H groups in total. The van der Waals surface area contributed by atoms with Gasteiger partial charge in [0.1, 0.15) is 0 Å². The zero-order chi connectivity index (χ0) is 6.69. The molecule has 9 heavy (non-hydrogen) atoms. The standard InChI is InChI=1S/C8H13N/c1-3-8-7(2)5-4-6-9-8/h3,9H,1,4-6H2,2H3. The first-order chi connectivity index (χ1) is 4.34. The molecule has 0 spiro atoms. The first-order valence-corrected chi connectivity index (χ1v) is 3.40. The Morgan fingerprint density at radius 2 is 2.44 bits per heavy atom. The van der Waals surface area contributed by atoms with E-state index in [1.165, 1.54) is 24.1 Å². The molecule has 1 aliphatic heterocycles. The van der Waals surface area contributed by atoms with E-state index in [4.69, 9.17) is 0 Å². The first-order valence-electron chi connectivity index (χ1n) is 3.40. The van der Waals surface area contributed by atoms with Crippen LogP contribution in [0.1, 0.15) is 19.8 Å². The van der Waals surface area contributed by atoms with E-state index < -0.39 is 0 Å². The third kappa shape index (κ3) is 1.35. The maximum atomic E-state index is 3.71. The summed E-state index contributed by atoms with van der Waals surface area (Å²) in [5, 5.41) is 3.28. The number of allylic oxidation sites excluding steroid dienone is 2. The molecule has 0 amide bonds. The van der Waals surface area contributed by atoms with Gasteiger partial charge in [0.2, 0.25) is 0 Å². The fraction of sp³-hybridized carbons (Fsp3) is 0.500. The van der Waals surface area contributed by atoms with E-state index in [2.05, 4.69) is 18.8 Å². The number of nitrogens with one attached hydrogen (secondary N) is 1. The zero-order valence-corrected chi connectivity index (χ0v) is 5.91. The fourth-order valence-electron chi connectivity index (χ4n) is 1.11. The van der Waals surface area contributed by atoms with Gasteiger partial charge in [0.05, 0.1) is 0 Å². The van der Waals surface area contributed by atoms with Crippen molar-refractivity contribution in [2.45, 2.75) is 19.8 Å². The Hall–Kier alpha value is -0.720. The topological polar surface area (TPSA) is 12.0 Å². The summed E-state index contributed by atoms with van der Waals surface area (Å²) in [5.41, 5.74) is 2.68. The minimum Gasteiger partial charge on any atom is -0.385 e. The maximum absolute atomic E-state index is 3.71. The molecule has 0 aromatic carbocycles. The molecule has 0 aromatic heterocycles. The molecule has 0 aliphatic carbocycles. The predicted octanol–water partition coefficient (Wildman–Crippen LogP) is 1.83. The van der Waals surface area contributed by atoms with Crippen LogP contribution in [0.5, 0.6) is 0 Å². The maximum Gasteiger partial charge on any atom is 0.0323 e. The molecule has 1 nitrogen and oxygen atoms in total. The highest BCUT2D eigenvalue weighted by Crippen LogP contribution is 2.13. The Bertz CT molecular complexity index is 145. The van der Waals surface area contributed by atoms with Gasteiger partial charge in [0, 0.05) is 12.2 Å². The van der Waals surface area contributed by atoms with Gasteiger partial charge in [-0.25, -0.2) is 0 Å². The van der Waals surface area contributed by atoms with E-state index in [0.29, 0.717) is 0 Å². The average molecular weight is 123 g/mol. The average Bonchev–Trinajstić information content (AvgIpc) is 1.89. The Kier molecular flexibility index (Phi) is 1.93. The quantitative estimate of drug-likeness (QED) is 0.561. The summed E-state index contributed by atoms with van der Waals surface area (Å²) < 4.78 is 0. The number of hydrogen-bond donors (Lipinski definition) is 1. The summed E-state index contributed by atoms with van der Waals surface area (Å²) in [6.45, 7) is 6.98. The van der Waals surface area contributed by atoms with E-state index in [9.17, 15) is 0 Å².